The van der Waals surface area contributed by atoms with Crippen LogP contribution in [-0.4, -0.2) is 25.2 Å². The number of esters is 1. The van der Waals surface area contributed by atoms with Crippen LogP contribution in [0.5, 0.6) is 5.75 Å². The lowest BCUT2D eigenvalue weighted by atomic mass is 10.0. The van der Waals surface area contributed by atoms with Crippen molar-refractivity contribution in [2.45, 2.75) is 39.7 Å². The second kappa shape index (κ2) is 6.45. The number of carbonyl (C=O) groups is 1. The van der Waals surface area contributed by atoms with Gasteiger partial charge in [-0.25, -0.2) is 4.79 Å². The third-order valence-corrected chi connectivity index (χ3v) is 2.90. The molecule has 0 amide bonds. The summed E-state index contributed by atoms with van der Waals surface area (Å²) in [4.78, 5) is 11.8. The molecular formula is C15H23NO3. The molecule has 19 heavy (non-hydrogen) atoms. The molecule has 4 nitrogen and oxygen atoms in total. The Morgan fingerprint density at radius 1 is 1.32 bits per heavy atom. The summed E-state index contributed by atoms with van der Waals surface area (Å²) in [5.74, 6) is 0.603. The third kappa shape index (κ3) is 3.88. The molecular weight excluding hydrogens is 242 g/mol. The van der Waals surface area contributed by atoms with Crippen LogP contribution in [0, 0.1) is 0 Å². The molecule has 0 spiro atoms. The molecule has 0 fully saturated rings. The molecule has 0 saturated carbocycles. The lowest BCUT2D eigenvalue weighted by Crippen LogP contribution is -2.41. The zero-order chi connectivity index (χ0) is 14.5. The number of carbonyl (C=O) groups excluding carboxylic acids is 1. The van der Waals surface area contributed by atoms with E-state index < -0.39 is 5.54 Å². The molecule has 0 unspecified atom stereocenters. The van der Waals surface area contributed by atoms with Crippen molar-refractivity contribution in [2.24, 2.45) is 0 Å². The number of rotatable bonds is 6. The van der Waals surface area contributed by atoms with Crippen molar-refractivity contribution < 1.29 is 14.3 Å². The van der Waals surface area contributed by atoms with E-state index in [9.17, 15) is 4.79 Å². The molecule has 0 saturated heterocycles. The van der Waals surface area contributed by atoms with E-state index in [1.165, 1.54) is 0 Å². The Balaban J connectivity index is 2.90. The number of ether oxygens (including phenoxy) is 2. The average molecular weight is 265 g/mol. The Kier molecular flexibility index (Phi) is 5.21. The standard InChI is InChI=1S/C15H23NO3/c1-6-11-10-12(8-9-13(11)18-5)16-15(3,4)14(17)19-7-2/h8-10,16H,6-7H2,1-5H3. The van der Waals surface area contributed by atoms with Gasteiger partial charge in [0.2, 0.25) is 0 Å². The van der Waals surface area contributed by atoms with Crippen molar-refractivity contribution in [1.82, 2.24) is 0 Å². The van der Waals surface area contributed by atoms with Crippen LogP contribution in [0.4, 0.5) is 5.69 Å². The van der Waals surface area contributed by atoms with E-state index in [2.05, 4.69) is 12.2 Å². The predicted octanol–water partition coefficient (Wildman–Crippen LogP) is 3.01. The van der Waals surface area contributed by atoms with Crippen LogP contribution >= 0.6 is 0 Å². The normalized spacial score (nSPS) is 11.0. The van der Waals surface area contributed by atoms with Crippen molar-refractivity contribution in [1.29, 1.82) is 0 Å². The molecule has 1 aromatic carbocycles. The van der Waals surface area contributed by atoms with Crippen molar-refractivity contribution in [3.63, 3.8) is 0 Å². The first kappa shape index (κ1) is 15.3. The smallest absolute Gasteiger partial charge is 0.331 e. The summed E-state index contributed by atoms with van der Waals surface area (Å²) in [6, 6.07) is 5.81. The zero-order valence-corrected chi connectivity index (χ0v) is 12.4. The van der Waals surface area contributed by atoms with Gasteiger partial charge >= 0.3 is 5.97 Å². The molecule has 1 aromatic rings. The second-order valence-electron chi connectivity index (χ2n) is 4.85. The van der Waals surface area contributed by atoms with Crippen molar-refractivity contribution in [3.8, 4) is 5.75 Å². The SMILES string of the molecule is CCOC(=O)C(C)(C)Nc1ccc(OC)c(CC)c1. The highest BCUT2D eigenvalue weighted by atomic mass is 16.5. The maximum atomic E-state index is 11.8. The minimum atomic E-state index is -0.754. The number of nitrogens with one attached hydrogen (secondary N) is 1. The zero-order valence-electron chi connectivity index (χ0n) is 12.4. The van der Waals surface area contributed by atoms with Gasteiger partial charge in [0.05, 0.1) is 13.7 Å². The van der Waals surface area contributed by atoms with E-state index in [4.69, 9.17) is 9.47 Å². The van der Waals surface area contributed by atoms with Gasteiger partial charge in [0, 0.05) is 5.69 Å². The third-order valence-electron chi connectivity index (χ3n) is 2.90. The van der Waals surface area contributed by atoms with Crippen LogP contribution in [0.25, 0.3) is 0 Å². The maximum Gasteiger partial charge on any atom is 0.331 e. The first-order valence-electron chi connectivity index (χ1n) is 6.57. The number of hydrogen-bond donors (Lipinski definition) is 1. The molecule has 0 bridgehead atoms. The van der Waals surface area contributed by atoms with Gasteiger partial charge in [0.25, 0.3) is 0 Å². The van der Waals surface area contributed by atoms with E-state index in [1.807, 2.05) is 18.2 Å². The maximum absolute atomic E-state index is 11.8. The van der Waals surface area contributed by atoms with Crippen molar-refractivity contribution in [2.75, 3.05) is 19.0 Å². The molecule has 1 N–H and O–H groups in total. The van der Waals surface area contributed by atoms with Crippen LogP contribution in [0.2, 0.25) is 0 Å². The van der Waals surface area contributed by atoms with Gasteiger partial charge in [0.15, 0.2) is 0 Å². The minimum absolute atomic E-state index is 0.260. The van der Waals surface area contributed by atoms with E-state index in [0.29, 0.717) is 6.61 Å². The summed E-state index contributed by atoms with van der Waals surface area (Å²) in [5.41, 5.74) is 1.23. The van der Waals surface area contributed by atoms with Gasteiger partial charge in [-0.2, -0.15) is 0 Å². The van der Waals surface area contributed by atoms with E-state index in [0.717, 1.165) is 23.4 Å². The number of aryl methyl sites for hydroxylation is 1. The largest absolute Gasteiger partial charge is 0.496 e. The molecule has 0 heterocycles. The first-order chi connectivity index (χ1) is 8.94. The van der Waals surface area contributed by atoms with E-state index in [-0.39, 0.29) is 5.97 Å². The van der Waals surface area contributed by atoms with Crippen molar-refractivity contribution >= 4 is 11.7 Å². The fourth-order valence-corrected chi connectivity index (χ4v) is 1.86. The highest BCUT2D eigenvalue weighted by Gasteiger charge is 2.28. The van der Waals surface area contributed by atoms with Gasteiger partial charge in [-0.3, -0.25) is 0 Å². The summed E-state index contributed by atoms with van der Waals surface area (Å²) in [6.07, 6.45) is 0.874. The molecule has 1 rings (SSSR count). The topological polar surface area (TPSA) is 47.6 Å². The number of anilines is 1. The highest BCUT2D eigenvalue weighted by Crippen LogP contribution is 2.25. The van der Waals surface area contributed by atoms with Crippen LogP contribution < -0.4 is 10.1 Å². The van der Waals surface area contributed by atoms with Crippen molar-refractivity contribution in [3.05, 3.63) is 23.8 Å². The molecule has 0 aliphatic rings. The Morgan fingerprint density at radius 2 is 2.00 bits per heavy atom. The fraction of sp³-hybridized carbons (Fsp3) is 0.533. The Hall–Kier alpha value is -1.71. The lowest BCUT2D eigenvalue weighted by Gasteiger charge is -2.25. The molecule has 0 aliphatic heterocycles. The summed E-state index contributed by atoms with van der Waals surface area (Å²) in [5, 5.41) is 3.20. The van der Waals surface area contributed by atoms with Gasteiger partial charge in [0.1, 0.15) is 11.3 Å². The van der Waals surface area contributed by atoms with E-state index >= 15 is 0 Å². The molecule has 0 aliphatic carbocycles. The van der Waals surface area contributed by atoms with Crippen LogP contribution in [-0.2, 0) is 16.0 Å². The molecule has 4 heteroatoms. The van der Waals surface area contributed by atoms with Crippen LogP contribution in [0.3, 0.4) is 0 Å². The minimum Gasteiger partial charge on any atom is -0.496 e. The second-order valence-corrected chi connectivity index (χ2v) is 4.85. The fourth-order valence-electron chi connectivity index (χ4n) is 1.86. The Bertz CT molecular complexity index is 441. The number of hydrogen-bond acceptors (Lipinski definition) is 4. The molecule has 0 aromatic heterocycles. The quantitative estimate of drug-likeness (QED) is 0.803. The van der Waals surface area contributed by atoms with Gasteiger partial charge < -0.3 is 14.8 Å². The number of methoxy groups -OCH3 is 1. The van der Waals surface area contributed by atoms with Crippen LogP contribution in [0.1, 0.15) is 33.3 Å². The van der Waals surface area contributed by atoms with Gasteiger partial charge in [-0.05, 0) is 51.0 Å². The summed E-state index contributed by atoms with van der Waals surface area (Å²) in [7, 11) is 1.66. The summed E-state index contributed by atoms with van der Waals surface area (Å²) < 4.78 is 10.3. The predicted molar refractivity (Wildman–Crippen MR) is 76.7 cm³/mol. The molecule has 106 valence electrons. The molecule has 0 atom stereocenters. The monoisotopic (exact) mass is 265 g/mol. The van der Waals surface area contributed by atoms with Crippen LogP contribution in [0.15, 0.2) is 18.2 Å². The Labute approximate surface area is 115 Å². The summed E-state index contributed by atoms with van der Waals surface area (Å²) in [6.45, 7) is 7.86. The van der Waals surface area contributed by atoms with Gasteiger partial charge in [-0.15, -0.1) is 0 Å². The highest BCUT2D eigenvalue weighted by molar-refractivity contribution is 5.83. The van der Waals surface area contributed by atoms with E-state index in [1.54, 1.807) is 27.9 Å². The molecule has 0 radical (unpaired) electrons. The first-order valence-corrected chi connectivity index (χ1v) is 6.57. The lowest BCUT2D eigenvalue weighted by molar-refractivity contribution is -0.147. The van der Waals surface area contributed by atoms with Gasteiger partial charge in [-0.1, -0.05) is 6.92 Å². The average Bonchev–Trinajstić information content (AvgIpc) is 2.38. The number of benzene rings is 1. The summed E-state index contributed by atoms with van der Waals surface area (Å²) >= 11 is 0. The Morgan fingerprint density at radius 3 is 2.53 bits per heavy atom.